The van der Waals surface area contributed by atoms with Crippen molar-refractivity contribution in [1.29, 1.82) is 0 Å². The Kier molecular flexibility index (Phi) is 5.17. The Labute approximate surface area is 172 Å². The number of nitrogens with one attached hydrogen (secondary N) is 1. The number of ether oxygens (including phenoxy) is 2. The summed E-state index contributed by atoms with van der Waals surface area (Å²) in [6.07, 6.45) is 0.576. The van der Waals surface area contributed by atoms with E-state index in [1.807, 2.05) is 30.3 Å². The van der Waals surface area contributed by atoms with Crippen molar-refractivity contribution < 1.29 is 19.2 Å². The molecule has 4 rings (SSSR count). The summed E-state index contributed by atoms with van der Waals surface area (Å²) in [5.41, 5.74) is 1.60. The van der Waals surface area contributed by atoms with E-state index in [4.69, 9.17) is 9.47 Å². The number of benzene rings is 3. The van der Waals surface area contributed by atoms with Crippen LogP contribution in [0.4, 0.5) is 5.69 Å². The van der Waals surface area contributed by atoms with Crippen LogP contribution in [0.2, 0.25) is 0 Å². The van der Waals surface area contributed by atoms with Crippen molar-refractivity contribution in [3.05, 3.63) is 100 Å². The molecule has 0 bridgehead atoms. The first-order valence-corrected chi connectivity index (χ1v) is 9.23. The molecule has 150 valence electrons. The molecule has 4 aromatic rings. The van der Waals surface area contributed by atoms with Gasteiger partial charge < -0.3 is 14.5 Å². The Morgan fingerprint density at radius 2 is 1.77 bits per heavy atom. The molecule has 1 heterocycles. The number of aromatic nitrogens is 1. The highest BCUT2D eigenvalue weighted by molar-refractivity contribution is 6.10. The second kappa shape index (κ2) is 8.08. The van der Waals surface area contributed by atoms with Crippen LogP contribution in [0.3, 0.4) is 0 Å². The lowest BCUT2D eigenvalue weighted by Crippen LogP contribution is -2.19. The third-order valence-electron chi connectivity index (χ3n) is 4.80. The molecule has 0 radical (unpaired) electrons. The van der Waals surface area contributed by atoms with Crippen LogP contribution in [0.15, 0.2) is 79.0 Å². The van der Waals surface area contributed by atoms with Gasteiger partial charge in [0.1, 0.15) is 5.75 Å². The molecule has 0 aliphatic rings. The third-order valence-corrected chi connectivity index (χ3v) is 4.80. The summed E-state index contributed by atoms with van der Waals surface area (Å²) in [5.74, 6) is 0.0138. The van der Waals surface area contributed by atoms with Crippen molar-refractivity contribution in [3.8, 4) is 11.5 Å². The van der Waals surface area contributed by atoms with Gasteiger partial charge in [0, 0.05) is 28.2 Å². The average Bonchev–Trinajstić information content (AvgIpc) is 3.21. The van der Waals surface area contributed by atoms with E-state index in [0.717, 1.165) is 10.9 Å². The number of para-hydroxylation sites is 1. The van der Waals surface area contributed by atoms with Crippen molar-refractivity contribution in [3.63, 3.8) is 0 Å². The zero-order chi connectivity index (χ0) is 21.1. The second-order valence-electron chi connectivity index (χ2n) is 6.61. The molecule has 0 aliphatic heterocycles. The van der Waals surface area contributed by atoms with Gasteiger partial charge in [-0.25, -0.2) is 0 Å². The first kappa shape index (κ1) is 19.2. The number of methoxy groups -OCH3 is 1. The molecule has 0 saturated carbocycles. The summed E-state index contributed by atoms with van der Waals surface area (Å²) in [5, 5.41) is 12.3. The Morgan fingerprint density at radius 1 is 1.03 bits per heavy atom. The van der Waals surface area contributed by atoms with Gasteiger partial charge in [0.2, 0.25) is 5.78 Å². The van der Waals surface area contributed by atoms with Gasteiger partial charge in [-0.2, -0.15) is 0 Å². The van der Waals surface area contributed by atoms with E-state index in [1.165, 1.54) is 19.2 Å². The van der Waals surface area contributed by atoms with Gasteiger partial charge in [-0.3, -0.25) is 14.9 Å². The van der Waals surface area contributed by atoms with Gasteiger partial charge in [0.15, 0.2) is 11.9 Å². The van der Waals surface area contributed by atoms with E-state index in [1.54, 1.807) is 36.5 Å². The van der Waals surface area contributed by atoms with E-state index in [-0.39, 0.29) is 17.2 Å². The van der Waals surface area contributed by atoms with Crippen LogP contribution >= 0.6 is 0 Å². The number of Topliss-reactive ketones (excluding diaryl/α,β-unsaturated/α-hetero) is 1. The number of carbonyl (C=O) groups is 1. The zero-order valence-electron chi connectivity index (χ0n) is 16.1. The molecular formula is C23H18N2O5. The molecule has 0 unspecified atom stereocenters. The van der Waals surface area contributed by atoms with E-state index < -0.39 is 11.0 Å². The quantitative estimate of drug-likeness (QED) is 0.264. The van der Waals surface area contributed by atoms with Crippen molar-refractivity contribution in [1.82, 2.24) is 4.98 Å². The van der Waals surface area contributed by atoms with Crippen LogP contribution in [0, 0.1) is 10.1 Å². The van der Waals surface area contributed by atoms with Crippen LogP contribution in [-0.4, -0.2) is 22.8 Å². The first-order valence-electron chi connectivity index (χ1n) is 9.23. The highest BCUT2D eigenvalue weighted by atomic mass is 16.6. The topological polar surface area (TPSA) is 94.5 Å². The van der Waals surface area contributed by atoms with Gasteiger partial charge >= 0.3 is 5.69 Å². The lowest BCUT2D eigenvalue weighted by molar-refractivity contribution is -0.386. The largest absolute Gasteiger partial charge is 0.496 e. The highest BCUT2D eigenvalue weighted by Gasteiger charge is 2.29. The maximum Gasteiger partial charge on any atom is 0.314 e. The SMILES string of the molecule is COc1ccc(O[C@@H](C(=O)c2c[nH]c3ccccc23)c2ccccc2)c([N+](=O)[O-])c1. The fourth-order valence-corrected chi connectivity index (χ4v) is 3.31. The van der Waals surface area contributed by atoms with Crippen LogP contribution in [0.1, 0.15) is 22.0 Å². The first-order chi connectivity index (χ1) is 14.6. The van der Waals surface area contributed by atoms with Gasteiger partial charge in [-0.05, 0) is 18.2 Å². The number of hydrogen-bond donors (Lipinski definition) is 1. The Balaban J connectivity index is 1.79. The zero-order valence-corrected chi connectivity index (χ0v) is 16.1. The highest BCUT2D eigenvalue weighted by Crippen LogP contribution is 2.36. The summed E-state index contributed by atoms with van der Waals surface area (Å²) in [7, 11) is 1.42. The third kappa shape index (κ3) is 3.60. The van der Waals surface area contributed by atoms with Gasteiger partial charge in [-0.15, -0.1) is 0 Å². The van der Waals surface area contributed by atoms with E-state index in [9.17, 15) is 14.9 Å². The summed E-state index contributed by atoms with van der Waals surface area (Å²) in [6, 6.07) is 20.6. The molecule has 3 aromatic carbocycles. The number of hydrogen-bond acceptors (Lipinski definition) is 5. The minimum Gasteiger partial charge on any atom is -0.496 e. The molecular weight excluding hydrogens is 384 g/mol. The van der Waals surface area contributed by atoms with Crippen LogP contribution in [-0.2, 0) is 0 Å². The number of nitro benzene ring substituents is 1. The second-order valence-corrected chi connectivity index (χ2v) is 6.61. The van der Waals surface area contributed by atoms with E-state index in [0.29, 0.717) is 16.9 Å². The summed E-state index contributed by atoms with van der Waals surface area (Å²) >= 11 is 0. The predicted molar refractivity (Wildman–Crippen MR) is 112 cm³/mol. The number of nitro groups is 1. The number of aromatic amines is 1. The standard InChI is InChI=1S/C23H18N2O5/c1-29-16-11-12-21(20(13-16)25(27)28)30-23(15-7-3-2-4-8-15)22(26)18-14-24-19-10-6-5-9-17(18)19/h2-14,23-24H,1H3/t23-/m1/s1. The molecule has 0 fully saturated rings. The lowest BCUT2D eigenvalue weighted by Gasteiger charge is -2.18. The molecule has 0 amide bonds. The molecule has 0 saturated heterocycles. The van der Waals surface area contributed by atoms with E-state index >= 15 is 0 Å². The molecule has 1 aromatic heterocycles. The number of rotatable bonds is 7. The van der Waals surface area contributed by atoms with Crippen LogP contribution in [0.25, 0.3) is 10.9 Å². The normalized spacial score (nSPS) is 11.8. The number of ketones is 1. The molecule has 1 N–H and O–H groups in total. The van der Waals surface area contributed by atoms with Crippen LogP contribution < -0.4 is 9.47 Å². The van der Waals surface area contributed by atoms with Crippen LogP contribution in [0.5, 0.6) is 11.5 Å². The van der Waals surface area contributed by atoms with Crippen molar-refractivity contribution >= 4 is 22.4 Å². The molecule has 7 nitrogen and oxygen atoms in total. The monoisotopic (exact) mass is 402 g/mol. The van der Waals surface area contributed by atoms with Gasteiger partial charge in [0.25, 0.3) is 0 Å². The van der Waals surface area contributed by atoms with E-state index in [2.05, 4.69) is 4.98 Å². The molecule has 30 heavy (non-hydrogen) atoms. The summed E-state index contributed by atoms with van der Waals surface area (Å²) < 4.78 is 11.0. The predicted octanol–water partition coefficient (Wildman–Crippen LogP) is 5.09. The van der Waals surface area contributed by atoms with Crippen molar-refractivity contribution in [2.24, 2.45) is 0 Å². The van der Waals surface area contributed by atoms with Crippen molar-refractivity contribution in [2.75, 3.05) is 7.11 Å². The Morgan fingerprint density at radius 3 is 2.50 bits per heavy atom. The Bertz CT molecular complexity index is 1220. The lowest BCUT2D eigenvalue weighted by atomic mass is 9.99. The summed E-state index contributed by atoms with van der Waals surface area (Å²) in [6.45, 7) is 0. The maximum absolute atomic E-state index is 13.5. The molecule has 0 aliphatic carbocycles. The minimum absolute atomic E-state index is 0.0113. The fraction of sp³-hybridized carbons (Fsp3) is 0.0870. The maximum atomic E-state index is 13.5. The number of carbonyl (C=O) groups excluding carboxylic acids is 1. The minimum atomic E-state index is -1.06. The van der Waals surface area contributed by atoms with Gasteiger partial charge in [-0.1, -0.05) is 48.5 Å². The molecule has 1 atom stereocenters. The number of nitrogens with zero attached hydrogens (tertiary/aromatic N) is 1. The average molecular weight is 402 g/mol. The number of H-pyrrole nitrogens is 1. The fourth-order valence-electron chi connectivity index (χ4n) is 3.31. The summed E-state index contributed by atoms with van der Waals surface area (Å²) in [4.78, 5) is 27.6. The smallest absolute Gasteiger partial charge is 0.314 e. The molecule has 7 heteroatoms. The van der Waals surface area contributed by atoms with Gasteiger partial charge in [0.05, 0.1) is 18.1 Å². The Hall–Kier alpha value is -4.13. The molecule has 0 spiro atoms. The van der Waals surface area contributed by atoms with Crippen molar-refractivity contribution in [2.45, 2.75) is 6.10 Å². The number of fused-ring (bicyclic) bond motifs is 1.